The number of hydrogen-bond donors (Lipinski definition) is 0. The molecule has 1 amide bonds. The van der Waals surface area contributed by atoms with E-state index in [0.717, 1.165) is 27.6 Å². The molecule has 0 aliphatic carbocycles. The van der Waals surface area contributed by atoms with Gasteiger partial charge in [-0.3, -0.25) is 4.79 Å². The maximum Gasteiger partial charge on any atom is 0.229 e. The summed E-state index contributed by atoms with van der Waals surface area (Å²) in [7, 11) is 3.53. The summed E-state index contributed by atoms with van der Waals surface area (Å²) in [6.45, 7) is 4.66. The third-order valence-electron chi connectivity index (χ3n) is 4.86. The summed E-state index contributed by atoms with van der Waals surface area (Å²) >= 11 is 0. The Morgan fingerprint density at radius 1 is 1.00 bits per heavy atom. The molecule has 0 saturated carbocycles. The van der Waals surface area contributed by atoms with Crippen molar-refractivity contribution in [2.24, 2.45) is 0 Å². The van der Waals surface area contributed by atoms with E-state index in [4.69, 9.17) is 4.74 Å². The summed E-state index contributed by atoms with van der Waals surface area (Å²) in [6.07, 6.45) is 0. The number of hydrogen-bond acceptors (Lipinski definition) is 2. The molecule has 3 heteroatoms. The summed E-state index contributed by atoms with van der Waals surface area (Å²) in [4.78, 5) is 14.7. The molecule has 0 saturated heterocycles. The standard InChI is InChI=1S/C23H25NO2/c1-16-5-7-18(8-6-16)15-24(3)23(25)17(2)19-9-10-21-14-22(26-4)12-11-20(21)13-19/h5-14,17H,15H2,1-4H3/t17-/m0/s1. The van der Waals surface area contributed by atoms with Gasteiger partial charge in [0.1, 0.15) is 5.75 Å². The van der Waals surface area contributed by atoms with Gasteiger partial charge in [-0.05, 0) is 47.9 Å². The number of methoxy groups -OCH3 is 1. The average molecular weight is 347 g/mol. The number of nitrogens with zero attached hydrogens (tertiary/aromatic N) is 1. The number of benzene rings is 3. The predicted molar refractivity (Wildman–Crippen MR) is 107 cm³/mol. The van der Waals surface area contributed by atoms with Crippen molar-refractivity contribution in [3.8, 4) is 5.75 Å². The van der Waals surface area contributed by atoms with Gasteiger partial charge in [-0.1, -0.05) is 54.1 Å². The summed E-state index contributed by atoms with van der Waals surface area (Å²) < 4.78 is 5.27. The lowest BCUT2D eigenvalue weighted by molar-refractivity contribution is -0.131. The molecule has 0 aliphatic rings. The largest absolute Gasteiger partial charge is 0.497 e. The minimum atomic E-state index is -0.183. The first-order valence-electron chi connectivity index (χ1n) is 8.86. The Hall–Kier alpha value is -2.81. The molecule has 0 aromatic heterocycles. The van der Waals surface area contributed by atoms with Crippen LogP contribution < -0.4 is 4.74 Å². The van der Waals surface area contributed by atoms with Gasteiger partial charge in [0, 0.05) is 13.6 Å². The lowest BCUT2D eigenvalue weighted by atomic mass is 9.96. The fourth-order valence-electron chi connectivity index (χ4n) is 3.16. The molecule has 134 valence electrons. The van der Waals surface area contributed by atoms with Crippen LogP contribution in [-0.4, -0.2) is 25.0 Å². The highest BCUT2D eigenvalue weighted by Gasteiger charge is 2.19. The first-order valence-corrected chi connectivity index (χ1v) is 8.86. The topological polar surface area (TPSA) is 29.5 Å². The molecule has 0 heterocycles. The van der Waals surface area contributed by atoms with Crippen LogP contribution in [0.1, 0.15) is 29.5 Å². The second-order valence-electron chi connectivity index (χ2n) is 6.87. The monoisotopic (exact) mass is 347 g/mol. The van der Waals surface area contributed by atoms with Crippen LogP contribution in [0.25, 0.3) is 10.8 Å². The number of likely N-dealkylation sites (N-methyl/N-ethyl adjacent to an activating group) is 1. The highest BCUT2D eigenvalue weighted by Crippen LogP contribution is 2.26. The number of fused-ring (bicyclic) bond motifs is 1. The van der Waals surface area contributed by atoms with Crippen LogP contribution in [0.4, 0.5) is 0 Å². The van der Waals surface area contributed by atoms with Crippen LogP contribution in [0.5, 0.6) is 5.75 Å². The molecule has 0 aliphatic heterocycles. The van der Waals surface area contributed by atoms with E-state index >= 15 is 0 Å². The SMILES string of the molecule is COc1ccc2cc([C@H](C)C(=O)N(C)Cc3ccc(C)cc3)ccc2c1. The van der Waals surface area contributed by atoms with Crippen molar-refractivity contribution in [2.75, 3.05) is 14.2 Å². The van der Waals surface area contributed by atoms with E-state index in [-0.39, 0.29) is 11.8 Å². The highest BCUT2D eigenvalue weighted by molar-refractivity contribution is 5.88. The average Bonchev–Trinajstić information content (AvgIpc) is 2.67. The number of amides is 1. The van der Waals surface area contributed by atoms with Gasteiger partial charge in [-0.25, -0.2) is 0 Å². The summed E-state index contributed by atoms with van der Waals surface area (Å²) in [6, 6.07) is 20.5. The van der Waals surface area contributed by atoms with Gasteiger partial charge in [0.15, 0.2) is 0 Å². The first kappa shape index (κ1) is 18.0. The van der Waals surface area contributed by atoms with Crippen LogP contribution in [0.2, 0.25) is 0 Å². The number of carbonyl (C=O) groups excluding carboxylic acids is 1. The van der Waals surface area contributed by atoms with Crippen molar-refractivity contribution in [2.45, 2.75) is 26.3 Å². The fraction of sp³-hybridized carbons (Fsp3) is 0.261. The van der Waals surface area contributed by atoms with Crippen molar-refractivity contribution in [3.05, 3.63) is 77.4 Å². The van der Waals surface area contributed by atoms with Gasteiger partial charge in [-0.15, -0.1) is 0 Å². The zero-order chi connectivity index (χ0) is 18.7. The van der Waals surface area contributed by atoms with Crippen LogP contribution in [0.3, 0.4) is 0 Å². The lowest BCUT2D eigenvalue weighted by Crippen LogP contribution is -2.30. The molecule has 0 bridgehead atoms. The quantitative estimate of drug-likeness (QED) is 0.656. The summed E-state index contributed by atoms with van der Waals surface area (Å²) in [5, 5.41) is 2.23. The van der Waals surface area contributed by atoms with E-state index in [1.807, 2.05) is 38.2 Å². The minimum Gasteiger partial charge on any atom is -0.497 e. The molecular weight excluding hydrogens is 322 g/mol. The highest BCUT2D eigenvalue weighted by atomic mass is 16.5. The number of ether oxygens (including phenoxy) is 1. The van der Waals surface area contributed by atoms with Crippen molar-refractivity contribution in [3.63, 3.8) is 0 Å². The van der Waals surface area contributed by atoms with Crippen molar-refractivity contribution < 1.29 is 9.53 Å². The zero-order valence-corrected chi connectivity index (χ0v) is 15.8. The Kier molecular flexibility index (Phi) is 5.27. The van der Waals surface area contributed by atoms with Gasteiger partial charge >= 0.3 is 0 Å². The Labute approximate surface area is 155 Å². The Balaban J connectivity index is 1.76. The third-order valence-corrected chi connectivity index (χ3v) is 4.86. The van der Waals surface area contributed by atoms with Crippen molar-refractivity contribution in [1.82, 2.24) is 4.90 Å². The number of aryl methyl sites for hydroxylation is 1. The van der Waals surface area contributed by atoms with Gasteiger partial charge in [0.2, 0.25) is 5.91 Å². The van der Waals surface area contributed by atoms with E-state index in [2.05, 4.69) is 43.3 Å². The van der Waals surface area contributed by atoms with E-state index in [1.54, 1.807) is 12.0 Å². The van der Waals surface area contributed by atoms with Crippen LogP contribution >= 0.6 is 0 Å². The number of rotatable bonds is 5. The summed E-state index contributed by atoms with van der Waals surface area (Å²) in [5.41, 5.74) is 3.40. The number of carbonyl (C=O) groups is 1. The molecule has 3 rings (SSSR count). The van der Waals surface area contributed by atoms with Gasteiger partial charge in [0.25, 0.3) is 0 Å². The van der Waals surface area contributed by atoms with Crippen molar-refractivity contribution >= 4 is 16.7 Å². The first-order chi connectivity index (χ1) is 12.5. The molecule has 3 nitrogen and oxygen atoms in total. The molecule has 0 unspecified atom stereocenters. The van der Waals surface area contributed by atoms with E-state index < -0.39 is 0 Å². The fourth-order valence-corrected chi connectivity index (χ4v) is 3.16. The van der Waals surface area contributed by atoms with E-state index in [1.165, 1.54) is 5.56 Å². The molecule has 0 radical (unpaired) electrons. The molecule has 0 spiro atoms. The molecular formula is C23H25NO2. The predicted octanol–water partition coefficient (Wildman–Crippen LogP) is 4.92. The van der Waals surface area contributed by atoms with Crippen molar-refractivity contribution in [1.29, 1.82) is 0 Å². The maximum absolute atomic E-state index is 12.9. The normalized spacial score (nSPS) is 12.0. The minimum absolute atomic E-state index is 0.124. The Morgan fingerprint density at radius 3 is 2.35 bits per heavy atom. The van der Waals surface area contributed by atoms with E-state index in [0.29, 0.717) is 6.54 Å². The van der Waals surface area contributed by atoms with Gasteiger partial charge in [0.05, 0.1) is 13.0 Å². The third kappa shape index (κ3) is 3.88. The molecule has 3 aromatic rings. The molecule has 0 N–H and O–H groups in total. The molecule has 0 fully saturated rings. The van der Waals surface area contributed by atoms with Gasteiger partial charge < -0.3 is 9.64 Å². The van der Waals surface area contributed by atoms with Gasteiger partial charge in [-0.2, -0.15) is 0 Å². The smallest absolute Gasteiger partial charge is 0.229 e. The van der Waals surface area contributed by atoms with E-state index in [9.17, 15) is 4.79 Å². The lowest BCUT2D eigenvalue weighted by Gasteiger charge is -2.22. The molecule has 3 aromatic carbocycles. The van der Waals surface area contributed by atoms with Crippen LogP contribution in [0, 0.1) is 6.92 Å². The summed E-state index contributed by atoms with van der Waals surface area (Å²) in [5.74, 6) is 0.780. The molecule has 26 heavy (non-hydrogen) atoms. The Bertz CT molecular complexity index is 915. The maximum atomic E-state index is 12.9. The Morgan fingerprint density at radius 2 is 1.65 bits per heavy atom. The molecule has 1 atom stereocenters. The second-order valence-corrected chi connectivity index (χ2v) is 6.87. The van der Waals surface area contributed by atoms with Crippen LogP contribution in [0.15, 0.2) is 60.7 Å². The van der Waals surface area contributed by atoms with Crippen LogP contribution in [-0.2, 0) is 11.3 Å². The second kappa shape index (κ2) is 7.61. The zero-order valence-electron chi connectivity index (χ0n) is 15.8.